The van der Waals surface area contributed by atoms with Gasteiger partial charge in [-0.2, -0.15) is 4.39 Å². The Kier molecular flexibility index (Phi) is 6.10. The fourth-order valence-electron chi connectivity index (χ4n) is 3.79. The standard InChI is InChI=1S/C18H25FN2O5S/c1-9(2)11-5-4-10(3)6-13(11)25-16(23)17-26-14(8-27-17)21-7-12(19)15(22)20-18(21)24/h7,9-11,13-14,17H,4-6,8H2,1-3H3,(H,20,22,24)/t10-,11+,13-,14+,17-/m1/s1/i18+1,20+1,21+1. The van der Waals surface area contributed by atoms with Crippen LogP contribution in [-0.4, -0.2) is 32.8 Å². The van der Waals surface area contributed by atoms with Crippen molar-refractivity contribution in [1.29, 1.82) is 0 Å². The lowest BCUT2D eigenvalue weighted by atomic mass is 9.75. The van der Waals surface area contributed by atoms with E-state index in [0.717, 1.165) is 30.0 Å². The SMILES string of the molecule is CC(C)[C@@H]1CC[C@@H](C)C[C@H]1OC(=O)[C@@H]1O[C@H]([15n]2cc(F)c(=O)[15nH][13c]2=O)CS1. The van der Waals surface area contributed by atoms with E-state index in [2.05, 4.69) is 20.8 Å². The Hall–Kier alpha value is -1.61. The maximum absolute atomic E-state index is 13.5. The number of nitrogens with one attached hydrogen (secondary N) is 1. The molecule has 1 aromatic heterocycles. The molecule has 0 radical (unpaired) electrons. The van der Waals surface area contributed by atoms with Gasteiger partial charge in [0.05, 0.1) is 6.20 Å². The van der Waals surface area contributed by atoms with Gasteiger partial charge in [0.1, 0.15) is 12.3 Å². The minimum absolute atomic E-state index is 0.141. The molecule has 2 aliphatic rings. The Labute approximate surface area is 160 Å². The molecular weight excluding hydrogens is 378 g/mol. The third-order valence-electron chi connectivity index (χ3n) is 5.33. The first kappa shape index (κ1) is 20.1. The molecule has 9 heteroatoms. The first-order valence-corrected chi connectivity index (χ1v) is 10.3. The second-order valence-electron chi connectivity index (χ2n) is 7.70. The highest BCUT2D eigenvalue weighted by Gasteiger charge is 2.39. The predicted molar refractivity (Wildman–Crippen MR) is 98.9 cm³/mol. The summed E-state index contributed by atoms with van der Waals surface area (Å²) < 4.78 is 25.8. The van der Waals surface area contributed by atoms with E-state index in [1.165, 1.54) is 11.8 Å². The number of esters is 1. The van der Waals surface area contributed by atoms with E-state index in [4.69, 9.17) is 9.47 Å². The third-order valence-corrected chi connectivity index (χ3v) is 6.41. The number of carbonyl (C=O) groups is 1. The summed E-state index contributed by atoms with van der Waals surface area (Å²) >= 11 is 1.20. The zero-order chi connectivity index (χ0) is 19.7. The number of hydrogen-bond donors (Lipinski definition) is 1. The summed E-state index contributed by atoms with van der Waals surface area (Å²) in [5.74, 6) is -0.0215. The van der Waals surface area contributed by atoms with Gasteiger partial charge in [-0.3, -0.25) is 14.3 Å². The van der Waals surface area contributed by atoms with Gasteiger partial charge in [-0.05, 0) is 30.6 Å². The van der Waals surface area contributed by atoms with Crippen molar-refractivity contribution in [3.05, 3.63) is 32.9 Å². The fourth-order valence-corrected chi connectivity index (χ4v) is 4.77. The highest BCUT2D eigenvalue weighted by atomic mass is 32.2. The minimum atomic E-state index is -1.08. The number of halogens is 1. The third kappa shape index (κ3) is 4.45. The van der Waals surface area contributed by atoms with E-state index in [1.807, 2.05) is 4.98 Å². The van der Waals surface area contributed by atoms with Gasteiger partial charge in [0.15, 0.2) is 0 Å². The Balaban J connectivity index is 1.66. The number of thioether (sulfide) groups is 1. The van der Waals surface area contributed by atoms with Crippen molar-refractivity contribution in [3.8, 4) is 0 Å². The molecule has 1 N–H and O–H groups in total. The largest absolute Gasteiger partial charge is 0.459 e. The van der Waals surface area contributed by atoms with Crippen molar-refractivity contribution < 1.29 is 18.7 Å². The van der Waals surface area contributed by atoms with Gasteiger partial charge >= 0.3 is 11.7 Å². The summed E-state index contributed by atoms with van der Waals surface area (Å²) in [6.07, 6.45) is 2.83. The quantitative estimate of drug-likeness (QED) is 0.776. The molecule has 0 amide bonds. The number of aromatic amines is 1. The second kappa shape index (κ2) is 8.18. The van der Waals surface area contributed by atoms with E-state index < -0.39 is 34.7 Å². The van der Waals surface area contributed by atoms with E-state index >= 15 is 0 Å². The van der Waals surface area contributed by atoms with Gasteiger partial charge in [0.25, 0.3) is 5.56 Å². The molecule has 7 nitrogen and oxygen atoms in total. The highest BCUT2D eigenvalue weighted by molar-refractivity contribution is 8.00. The lowest BCUT2D eigenvalue weighted by Gasteiger charge is -2.37. The molecule has 2 heterocycles. The average molecular weight is 403 g/mol. The number of carbonyl (C=O) groups excluding carboxylic acids is 1. The van der Waals surface area contributed by atoms with Crippen LogP contribution in [0.15, 0.2) is 15.8 Å². The zero-order valence-corrected chi connectivity index (χ0v) is 16.5. The first-order valence-electron chi connectivity index (χ1n) is 9.24. The normalized spacial score (nSPS) is 31.2. The molecule has 0 unspecified atom stereocenters. The molecule has 150 valence electrons. The molecule has 0 spiro atoms. The van der Waals surface area contributed by atoms with Crippen LogP contribution in [0.3, 0.4) is 0 Å². The lowest BCUT2D eigenvalue weighted by molar-refractivity contribution is -0.166. The Morgan fingerprint density at radius 1 is 1.41 bits per heavy atom. The maximum atomic E-state index is 13.5. The van der Waals surface area contributed by atoms with Crippen LogP contribution in [0.5, 0.6) is 0 Å². The fraction of sp³-hybridized carbons (Fsp3) is 0.722. The molecule has 1 aromatic rings. The predicted octanol–water partition coefficient (Wildman–Crippen LogP) is 2.27. The van der Waals surface area contributed by atoms with Crippen molar-refractivity contribution in [1.82, 2.24) is 9.55 Å². The van der Waals surface area contributed by atoms with Gasteiger partial charge in [0, 0.05) is 5.75 Å². The molecule has 0 aromatic carbocycles. The molecule has 1 aliphatic carbocycles. The van der Waals surface area contributed by atoms with Gasteiger partial charge in [-0.15, -0.1) is 11.8 Å². The molecule has 5 atom stereocenters. The van der Waals surface area contributed by atoms with E-state index in [0.29, 0.717) is 17.8 Å². The Morgan fingerprint density at radius 3 is 2.85 bits per heavy atom. The summed E-state index contributed by atoms with van der Waals surface area (Å²) in [4.78, 5) is 37.5. The molecule has 1 aliphatic heterocycles. The van der Waals surface area contributed by atoms with Crippen LogP contribution in [0, 0.1) is 23.6 Å². The zero-order valence-electron chi connectivity index (χ0n) is 15.6. The molecule has 3 rings (SSSR count). The van der Waals surface area contributed by atoms with Gasteiger partial charge in [-0.25, -0.2) is 9.59 Å². The van der Waals surface area contributed by atoms with Crippen LogP contribution in [-0.2, 0) is 14.3 Å². The van der Waals surface area contributed by atoms with Gasteiger partial charge in [-0.1, -0.05) is 27.2 Å². The number of hydrogen-bond acceptors (Lipinski definition) is 6. The van der Waals surface area contributed by atoms with Gasteiger partial charge in [0.2, 0.25) is 11.3 Å². The topological polar surface area (TPSA) is 90.4 Å². The van der Waals surface area contributed by atoms with Crippen molar-refractivity contribution in [2.75, 3.05) is 5.75 Å². The molecule has 27 heavy (non-hydrogen) atoms. The van der Waals surface area contributed by atoms with E-state index in [-0.39, 0.29) is 11.9 Å². The molecule has 0 bridgehead atoms. The molecule has 2 fully saturated rings. The number of ether oxygens (including phenoxy) is 2. The maximum Gasteiger partial charge on any atom is 0.346 e. The van der Waals surface area contributed by atoms with E-state index in [9.17, 15) is 18.8 Å². The average Bonchev–Trinajstić information content (AvgIpc) is 3.08. The van der Waals surface area contributed by atoms with Crippen molar-refractivity contribution >= 4 is 17.7 Å². The Bertz CT molecular complexity index is 808. The summed E-state index contributed by atoms with van der Waals surface area (Å²) in [6, 6.07) is 0. The lowest BCUT2D eigenvalue weighted by Crippen LogP contribution is -2.38. The number of nitrogens with zero attached hydrogens (tertiary/aromatic N) is 1. The van der Waals surface area contributed by atoms with Crippen molar-refractivity contribution in [2.24, 2.45) is 17.8 Å². The van der Waals surface area contributed by atoms with Crippen LogP contribution in [0.4, 0.5) is 4.39 Å². The van der Waals surface area contributed by atoms with E-state index in [1.54, 1.807) is 0 Å². The van der Waals surface area contributed by atoms with Gasteiger partial charge < -0.3 is 9.47 Å². The van der Waals surface area contributed by atoms with Crippen LogP contribution in [0.2, 0.25) is 0 Å². The summed E-state index contributed by atoms with van der Waals surface area (Å²) in [5.41, 5.74) is -2.73. The number of rotatable bonds is 4. The summed E-state index contributed by atoms with van der Waals surface area (Å²) in [7, 11) is 0. The van der Waals surface area contributed by atoms with Crippen LogP contribution < -0.4 is 11.2 Å². The summed E-state index contributed by atoms with van der Waals surface area (Å²) in [5, 5.41) is 0. The van der Waals surface area contributed by atoms with Crippen LogP contribution >= 0.6 is 11.8 Å². The van der Waals surface area contributed by atoms with Crippen LogP contribution in [0.25, 0.3) is 0 Å². The summed E-state index contributed by atoms with van der Waals surface area (Å²) in [6.45, 7) is 6.43. The Morgan fingerprint density at radius 2 is 2.15 bits per heavy atom. The molecular formula is C18H25FN2O5S. The monoisotopic (exact) mass is 403 g/mol. The second-order valence-corrected chi connectivity index (χ2v) is 8.80. The number of aromatic nitrogens is 2. The minimum Gasteiger partial charge on any atom is -0.459 e. The number of H-pyrrole nitrogens is 1. The molecule has 1 saturated carbocycles. The van der Waals surface area contributed by atoms with Crippen molar-refractivity contribution in [2.45, 2.75) is 57.8 Å². The first-order chi connectivity index (χ1) is 12.8. The smallest absolute Gasteiger partial charge is 0.346 e. The van der Waals surface area contributed by atoms with Crippen LogP contribution in [0.1, 0.15) is 46.3 Å². The highest BCUT2D eigenvalue weighted by Crippen LogP contribution is 2.37. The van der Waals surface area contributed by atoms with Crippen molar-refractivity contribution in [3.63, 3.8) is 0 Å². The molecule has 1 saturated heterocycles.